The maximum atomic E-state index is 13.5. The summed E-state index contributed by atoms with van der Waals surface area (Å²) in [4.78, 5) is 10.3. The normalized spacial score (nSPS) is 18.3. The van der Waals surface area contributed by atoms with Crippen LogP contribution in [0.2, 0.25) is 0 Å². The summed E-state index contributed by atoms with van der Waals surface area (Å²) < 4.78 is 23.8. The Hall–Kier alpha value is -1.89. The van der Waals surface area contributed by atoms with Crippen LogP contribution in [0.25, 0.3) is 0 Å². The second-order valence-electron chi connectivity index (χ2n) is 5.06. The molecule has 1 heterocycles. The summed E-state index contributed by atoms with van der Waals surface area (Å²) in [5.41, 5.74) is -0.380. The number of hydrogen-bond donors (Lipinski definition) is 1. The van der Waals surface area contributed by atoms with Gasteiger partial charge in [-0.1, -0.05) is 0 Å². The first kappa shape index (κ1) is 15.5. The van der Waals surface area contributed by atoms with Crippen LogP contribution in [0.5, 0.6) is 11.5 Å². The standard InChI is InChI=1S/C14H19FN2O4/c1-20-13-8-14(12(17(18)19)7-11(13)15)21-6-4-10-3-2-5-16-9-10/h7-8,10,16H,2-6,9H2,1H3. The van der Waals surface area contributed by atoms with E-state index in [1.165, 1.54) is 13.2 Å². The molecule has 1 aliphatic heterocycles. The van der Waals surface area contributed by atoms with Crippen LogP contribution in [0, 0.1) is 21.8 Å². The summed E-state index contributed by atoms with van der Waals surface area (Å²) in [5, 5.41) is 14.3. The van der Waals surface area contributed by atoms with Gasteiger partial charge in [-0.25, -0.2) is 4.39 Å². The fraction of sp³-hybridized carbons (Fsp3) is 0.571. The molecule has 1 aliphatic rings. The van der Waals surface area contributed by atoms with Gasteiger partial charge in [0.1, 0.15) is 0 Å². The highest BCUT2D eigenvalue weighted by Crippen LogP contribution is 2.34. The first-order valence-corrected chi connectivity index (χ1v) is 6.97. The van der Waals surface area contributed by atoms with Crippen molar-refractivity contribution in [2.24, 2.45) is 5.92 Å². The molecule has 116 valence electrons. The van der Waals surface area contributed by atoms with E-state index in [0.29, 0.717) is 12.5 Å². The molecule has 0 saturated carbocycles. The van der Waals surface area contributed by atoms with Crippen molar-refractivity contribution in [1.82, 2.24) is 5.32 Å². The molecule has 0 aromatic heterocycles. The van der Waals surface area contributed by atoms with Crippen molar-refractivity contribution in [1.29, 1.82) is 0 Å². The van der Waals surface area contributed by atoms with Crippen molar-refractivity contribution in [2.45, 2.75) is 19.3 Å². The second kappa shape index (κ2) is 7.21. The SMILES string of the molecule is COc1cc(OCCC2CCCNC2)c([N+](=O)[O-])cc1F. The lowest BCUT2D eigenvalue weighted by Crippen LogP contribution is -2.30. The summed E-state index contributed by atoms with van der Waals surface area (Å²) in [6.45, 7) is 2.35. The number of nitro benzene ring substituents is 1. The molecule has 7 heteroatoms. The zero-order chi connectivity index (χ0) is 15.2. The van der Waals surface area contributed by atoms with Crippen molar-refractivity contribution in [2.75, 3.05) is 26.8 Å². The van der Waals surface area contributed by atoms with Crippen molar-refractivity contribution in [3.05, 3.63) is 28.1 Å². The van der Waals surface area contributed by atoms with E-state index >= 15 is 0 Å². The smallest absolute Gasteiger partial charge is 0.314 e. The third kappa shape index (κ3) is 4.04. The molecule has 0 bridgehead atoms. The van der Waals surface area contributed by atoms with E-state index in [2.05, 4.69) is 5.32 Å². The molecule has 1 saturated heterocycles. The molecular weight excluding hydrogens is 279 g/mol. The highest BCUT2D eigenvalue weighted by Gasteiger charge is 2.21. The number of nitro groups is 1. The lowest BCUT2D eigenvalue weighted by molar-refractivity contribution is -0.386. The average Bonchev–Trinajstić information content (AvgIpc) is 2.49. The first-order valence-electron chi connectivity index (χ1n) is 6.97. The zero-order valence-corrected chi connectivity index (χ0v) is 11.9. The molecule has 1 aromatic rings. The fourth-order valence-corrected chi connectivity index (χ4v) is 2.44. The molecule has 21 heavy (non-hydrogen) atoms. The van der Waals surface area contributed by atoms with Gasteiger partial charge < -0.3 is 14.8 Å². The Bertz CT molecular complexity index is 504. The highest BCUT2D eigenvalue weighted by atomic mass is 19.1. The Balaban J connectivity index is 2.01. The topological polar surface area (TPSA) is 73.6 Å². The van der Waals surface area contributed by atoms with Crippen LogP contribution >= 0.6 is 0 Å². The largest absolute Gasteiger partial charge is 0.494 e. The maximum Gasteiger partial charge on any atom is 0.314 e. The number of rotatable bonds is 6. The molecule has 2 rings (SSSR count). The number of methoxy groups -OCH3 is 1. The second-order valence-corrected chi connectivity index (χ2v) is 5.06. The Morgan fingerprint density at radius 1 is 1.48 bits per heavy atom. The van der Waals surface area contributed by atoms with Crippen molar-refractivity contribution >= 4 is 5.69 Å². The van der Waals surface area contributed by atoms with Crippen LogP contribution in [0.15, 0.2) is 12.1 Å². The van der Waals surface area contributed by atoms with Gasteiger partial charge >= 0.3 is 5.69 Å². The third-order valence-corrected chi connectivity index (χ3v) is 3.61. The summed E-state index contributed by atoms with van der Waals surface area (Å²) in [7, 11) is 1.31. The van der Waals surface area contributed by atoms with Gasteiger partial charge in [0, 0.05) is 6.07 Å². The molecule has 1 aromatic carbocycles. The van der Waals surface area contributed by atoms with E-state index in [4.69, 9.17) is 9.47 Å². The highest BCUT2D eigenvalue weighted by molar-refractivity contribution is 5.51. The van der Waals surface area contributed by atoms with E-state index < -0.39 is 10.7 Å². The molecule has 6 nitrogen and oxygen atoms in total. The number of halogens is 1. The minimum absolute atomic E-state index is 0.0435. The van der Waals surface area contributed by atoms with Crippen molar-refractivity contribution < 1.29 is 18.8 Å². The summed E-state index contributed by atoms with van der Waals surface area (Å²) in [6, 6.07) is 2.06. The van der Waals surface area contributed by atoms with Crippen LogP contribution in [0.1, 0.15) is 19.3 Å². The van der Waals surface area contributed by atoms with Crippen molar-refractivity contribution in [3.63, 3.8) is 0 Å². The minimum atomic E-state index is -0.770. The van der Waals surface area contributed by atoms with E-state index in [1.54, 1.807) is 0 Å². The maximum absolute atomic E-state index is 13.5. The lowest BCUT2D eigenvalue weighted by atomic mass is 9.97. The number of nitrogens with zero attached hydrogens (tertiary/aromatic N) is 1. The quantitative estimate of drug-likeness (QED) is 0.645. The molecule has 1 unspecified atom stereocenters. The molecular formula is C14H19FN2O4. The van der Waals surface area contributed by atoms with Crippen LogP contribution in [0.3, 0.4) is 0 Å². The Labute approximate surface area is 122 Å². The molecule has 1 atom stereocenters. The number of ether oxygens (including phenoxy) is 2. The number of benzene rings is 1. The van der Waals surface area contributed by atoms with Gasteiger partial charge in [0.15, 0.2) is 11.6 Å². The van der Waals surface area contributed by atoms with Gasteiger partial charge in [0.25, 0.3) is 0 Å². The van der Waals surface area contributed by atoms with Crippen LogP contribution < -0.4 is 14.8 Å². The van der Waals surface area contributed by atoms with Gasteiger partial charge in [-0.3, -0.25) is 10.1 Å². The van der Waals surface area contributed by atoms with Gasteiger partial charge in [-0.15, -0.1) is 0 Å². The third-order valence-electron chi connectivity index (χ3n) is 3.61. The predicted octanol–water partition coefficient (Wildman–Crippen LogP) is 2.51. The van der Waals surface area contributed by atoms with E-state index in [9.17, 15) is 14.5 Å². The Kier molecular flexibility index (Phi) is 5.32. The van der Waals surface area contributed by atoms with Crippen LogP contribution in [-0.2, 0) is 0 Å². The van der Waals surface area contributed by atoms with Crippen LogP contribution in [-0.4, -0.2) is 31.7 Å². The van der Waals surface area contributed by atoms with Gasteiger partial charge in [0.05, 0.1) is 24.7 Å². The van der Waals surface area contributed by atoms with E-state index in [0.717, 1.165) is 38.4 Å². The lowest BCUT2D eigenvalue weighted by Gasteiger charge is -2.22. The Morgan fingerprint density at radius 2 is 2.29 bits per heavy atom. The van der Waals surface area contributed by atoms with E-state index in [1.807, 2.05) is 0 Å². The fourth-order valence-electron chi connectivity index (χ4n) is 2.44. The van der Waals surface area contributed by atoms with Gasteiger partial charge in [-0.05, 0) is 38.3 Å². The molecule has 1 fully saturated rings. The summed E-state index contributed by atoms with van der Waals surface area (Å²) in [5.74, 6) is -0.273. The van der Waals surface area contributed by atoms with E-state index in [-0.39, 0.29) is 17.2 Å². The van der Waals surface area contributed by atoms with Crippen molar-refractivity contribution in [3.8, 4) is 11.5 Å². The molecule has 1 N–H and O–H groups in total. The first-order chi connectivity index (χ1) is 10.1. The number of hydrogen-bond acceptors (Lipinski definition) is 5. The monoisotopic (exact) mass is 298 g/mol. The van der Waals surface area contributed by atoms with Gasteiger partial charge in [0.2, 0.25) is 5.75 Å². The predicted molar refractivity (Wildman–Crippen MR) is 75.3 cm³/mol. The number of nitrogens with one attached hydrogen (secondary N) is 1. The molecule has 0 spiro atoms. The zero-order valence-electron chi connectivity index (χ0n) is 11.9. The molecule has 0 radical (unpaired) electrons. The summed E-state index contributed by atoms with van der Waals surface area (Å²) >= 11 is 0. The van der Waals surface area contributed by atoms with Gasteiger partial charge in [-0.2, -0.15) is 0 Å². The molecule has 0 aliphatic carbocycles. The van der Waals surface area contributed by atoms with Crippen LogP contribution in [0.4, 0.5) is 10.1 Å². The average molecular weight is 298 g/mol. The Morgan fingerprint density at radius 3 is 2.90 bits per heavy atom. The minimum Gasteiger partial charge on any atom is -0.494 e. The molecule has 0 amide bonds. The number of piperidine rings is 1. The summed E-state index contributed by atoms with van der Waals surface area (Å²) in [6.07, 6.45) is 3.07.